The van der Waals surface area contributed by atoms with Gasteiger partial charge in [-0.3, -0.25) is 0 Å². The Morgan fingerprint density at radius 3 is 1.29 bits per heavy atom. The molecule has 3 rings (SSSR count). The molecule has 0 heterocycles. The van der Waals surface area contributed by atoms with E-state index in [0.717, 1.165) is 35.3 Å². The quantitative estimate of drug-likeness (QED) is 0.726. The highest BCUT2D eigenvalue weighted by Crippen LogP contribution is 2.45. The SMILES string of the molecule is CCc1cc(C2=C(O)C(c3ccc(N(C)C)c(CC)c3)=C2O)ccc1N(C)C. The Balaban J connectivity index is 1.99. The van der Waals surface area contributed by atoms with Gasteiger partial charge in [0.15, 0.2) is 0 Å². The number of hydrogen-bond acceptors (Lipinski definition) is 4. The predicted octanol–water partition coefficient (Wildman–Crippen LogP) is 5.20. The number of aryl methyl sites for hydroxylation is 2. The van der Waals surface area contributed by atoms with Crippen molar-refractivity contribution >= 4 is 22.5 Å². The zero-order valence-corrected chi connectivity index (χ0v) is 17.7. The van der Waals surface area contributed by atoms with E-state index in [-0.39, 0.29) is 11.5 Å². The van der Waals surface area contributed by atoms with Crippen LogP contribution >= 0.6 is 0 Å². The van der Waals surface area contributed by atoms with Crippen LogP contribution in [0.4, 0.5) is 11.4 Å². The lowest BCUT2D eigenvalue weighted by Crippen LogP contribution is -2.14. The number of hydrogen-bond donors (Lipinski definition) is 2. The van der Waals surface area contributed by atoms with E-state index < -0.39 is 0 Å². The van der Waals surface area contributed by atoms with Crippen molar-refractivity contribution < 1.29 is 10.2 Å². The van der Waals surface area contributed by atoms with Crippen LogP contribution in [0.1, 0.15) is 36.1 Å². The molecule has 4 heteroatoms. The summed E-state index contributed by atoms with van der Waals surface area (Å²) in [5.74, 6) is 0.327. The number of rotatable bonds is 6. The van der Waals surface area contributed by atoms with Gasteiger partial charge >= 0.3 is 0 Å². The van der Waals surface area contributed by atoms with E-state index in [1.165, 1.54) is 11.1 Å². The standard InChI is InChI=1S/C24H30N2O2/c1-7-15-13-17(9-11-19(15)25(3)4)21-23(27)22(24(21)28)18-10-12-20(26(5)6)16(8-2)14-18/h9-14,27-28H,7-8H2,1-6H3. The first-order valence-corrected chi connectivity index (χ1v) is 9.78. The summed E-state index contributed by atoms with van der Waals surface area (Å²) in [6.45, 7) is 4.22. The first kappa shape index (κ1) is 19.9. The molecular weight excluding hydrogens is 348 g/mol. The van der Waals surface area contributed by atoms with Gasteiger partial charge in [0.25, 0.3) is 0 Å². The number of allylic oxidation sites excluding steroid dienone is 2. The van der Waals surface area contributed by atoms with Crippen LogP contribution in [0.15, 0.2) is 47.9 Å². The monoisotopic (exact) mass is 378 g/mol. The minimum Gasteiger partial charge on any atom is -0.506 e. The van der Waals surface area contributed by atoms with E-state index in [4.69, 9.17) is 0 Å². The Morgan fingerprint density at radius 2 is 1.00 bits per heavy atom. The number of anilines is 2. The molecule has 0 fully saturated rings. The third kappa shape index (κ3) is 3.24. The van der Waals surface area contributed by atoms with E-state index in [2.05, 4.69) is 35.8 Å². The summed E-state index contributed by atoms with van der Waals surface area (Å²) in [5.41, 5.74) is 7.45. The minimum atomic E-state index is 0.164. The molecule has 1 aliphatic carbocycles. The minimum absolute atomic E-state index is 0.164. The fourth-order valence-corrected chi connectivity index (χ4v) is 3.88. The maximum absolute atomic E-state index is 10.8. The molecule has 0 saturated heterocycles. The van der Waals surface area contributed by atoms with E-state index in [1.54, 1.807) is 0 Å². The van der Waals surface area contributed by atoms with Crippen molar-refractivity contribution in [1.29, 1.82) is 0 Å². The second-order valence-electron chi connectivity index (χ2n) is 7.63. The zero-order valence-electron chi connectivity index (χ0n) is 17.7. The van der Waals surface area contributed by atoms with Crippen molar-refractivity contribution in [2.75, 3.05) is 38.0 Å². The molecule has 0 bridgehead atoms. The summed E-state index contributed by atoms with van der Waals surface area (Å²) < 4.78 is 0. The number of aliphatic hydroxyl groups excluding tert-OH is 2. The fourth-order valence-electron chi connectivity index (χ4n) is 3.88. The van der Waals surface area contributed by atoms with Crippen LogP contribution in [-0.4, -0.2) is 38.4 Å². The smallest absolute Gasteiger partial charge is 0.138 e. The molecule has 0 spiro atoms. The third-order valence-corrected chi connectivity index (χ3v) is 5.41. The molecule has 148 valence electrons. The molecule has 2 aromatic carbocycles. The second kappa shape index (κ2) is 7.63. The van der Waals surface area contributed by atoms with Gasteiger partial charge in [-0.1, -0.05) is 26.0 Å². The first-order valence-electron chi connectivity index (χ1n) is 9.78. The average molecular weight is 379 g/mol. The molecule has 0 saturated carbocycles. The number of aliphatic hydroxyl groups is 2. The number of benzene rings is 2. The Morgan fingerprint density at radius 1 is 0.643 bits per heavy atom. The largest absolute Gasteiger partial charge is 0.506 e. The molecule has 2 aromatic rings. The second-order valence-corrected chi connectivity index (χ2v) is 7.63. The molecular formula is C24H30N2O2. The van der Waals surface area contributed by atoms with Crippen molar-refractivity contribution in [3.63, 3.8) is 0 Å². The summed E-state index contributed by atoms with van der Waals surface area (Å²) in [6, 6.07) is 12.1. The maximum Gasteiger partial charge on any atom is 0.138 e. The Labute approximate surface area is 168 Å². The molecule has 0 aromatic heterocycles. The first-order chi connectivity index (χ1) is 13.3. The lowest BCUT2D eigenvalue weighted by atomic mass is 9.83. The van der Waals surface area contributed by atoms with E-state index in [9.17, 15) is 10.2 Å². The molecule has 4 nitrogen and oxygen atoms in total. The van der Waals surface area contributed by atoms with Crippen LogP contribution in [-0.2, 0) is 12.8 Å². The van der Waals surface area contributed by atoms with Crippen molar-refractivity contribution in [2.24, 2.45) is 0 Å². The molecule has 2 N–H and O–H groups in total. The molecule has 1 aliphatic rings. The van der Waals surface area contributed by atoms with E-state index in [1.807, 2.05) is 52.5 Å². The normalized spacial score (nSPS) is 13.6. The Bertz CT molecular complexity index is 878. The maximum atomic E-state index is 10.8. The fraction of sp³-hybridized carbons (Fsp3) is 0.333. The van der Waals surface area contributed by atoms with Gasteiger partial charge < -0.3 is 20.0 Å². The van der Waals surface area contributed by atoms with Gasteiger partial charge in [-0.2, -0.15) is 0 Å². The summed E-state index contributed by atoms with van der Waals surface area (Å²) in [6.07, 6.45) is 1.77. The van der Waals surface area contributed by atoms with Gasteiger partial charge in [0.05, 0.1) is 11.1 Å². The van der Waals surface area contributed by atoms with Gasteiger partial charge in [0, 0.05) is 39.6 Å². The lowest BCUT2D eigenvalue weighted by Gasteiger charge is -2.26. The van der Waals surface area contributed by atoms with Crippen LogP contribution in [0.25, 0.3) is 11.1 Å². The Hall–Kier alpha value is -2.88. The van der Waals surface area contributed by atoms with Crippen LogP contribution in [0.2, 0.25) is 0 Å². The van der Waals surface area contributed by atoms with Crippen LogP contribution in [0.3, 0.4) is 0 Å². The van der Waals surface area contributed by atoms with Crippen molar-refractivity contribution in [1.82, 2.24) is 0 Å². The van der Waals surface area contributed by atoms with Gasteiger partial charge in [0.1, 0.15) is 11.5 Å². The average Bonchev–Trinajstić information content (AvgIpc) is 2.67. The molecule has 28 heavy (non-hydrogen) atoms. The summed E-state index contributed by atoms with van der Waals surface area (Å²) in [4.78, 5) is 4.16. The topological polar surface area (TPSA) is 46.9 Å². The highest BCUT2D eigenvalue weighted by atomic mass is 16.3. The van der Waals surface area contributed by atoms with Crippen LogP contribution in [0, 0.1) is 0 Å². The molecule has 0 atom stereocenters. The molecule has 0 aliphatic heterocycles. The number of nitrogens with zero attached hydrogens (tertiary/aromatic N) is 2. The van der Waals surface area contributed by atoms with Crippen molar-refractivity contribution in [2.45, 2.75) is 26.7 Å². The third-order valence-electron chi connectivity index (χ3n) is 5.41. The van der Waals surface area contributed by atoms with Gasteiger partial charge in [-0.05, 0) is 59.4 Å². The van der Waals surface area contributed by atoms with Crippen molar-refractivity contribution in [3.8, 4) is 0 Å². The van der Waals surface area contributed by atoms with Gasteiger partial charge in [-0.25, -0.2) is 0 Å². The Kier molecular flexibility index (Phi) is 5.41. The van der Waals surface area contributed by atoms with Crippen LogP contribution in [0.5, 0.6) is 0 Å². The summed E-state index contributed by atoms with van der Waals surface area (Å²) in [5, 5.41) is 21.5. The molecule has 0 unspecified atom stereocenters. The van der Waals surface area contributed by atoms with E-state index in [0.29, 0.717) is 11.1 Å². The van der Waals surface area contributed by atoms with E-state index >= 15 is 0 Å². The summed E-state index contributed by atoms with van der Waals surface area (Å²) >= 11 is 0. The van der Waals surface area contributed by atoms with Gasteiger partial charge in [0.2, 0.25) is 0 Å². The zero-order chi connectivity index (χ0) is 20.6. The molecule has 0 amide bonds. The van der Waals surface area contributed by atoms with Gasteiger partial charge in [-0.15, -0.1) is 0 Å². The summed E-state index contributed by atoms with van der Waals surface area (Å²) in [7, 11) is 8.08. The van der Waals surface area contributed by atoms with Crippen molar-refractivity contribution in [3.05, 3.63) is 70.2 Å². The molecule has 0 radical (unpaired) electrons. The lowest BCUT2D eigenvalue weighted by molar-refractivity contribution is 0.390. The predicted molar refractivity (Wildman–Crippen MR) is 119 cm³/mol. The highest BCUT2D eigenvalue weighted by Gasteiger charge is 2.32. The highest BCUT2D eigenvalue weighted by molar-refractivity contribution is 6.06. The van der Waals surface area contributed by atoms with Crippen LogP contribution < -0.4 is 9.80 Å².